The van der Waals surface area contributed by atoms with Crippen LogP contribution in [0.4, 0.5) is 4.39 Å². The number of aliphatic hydroxyl groups excluding tert-OH is 1. The molecule has 0 aliphatic heterocycles. The van der Waals surface area contributed by atoms with E-state index < -0.39 is 6.10 Å². The van der Waals surface area contributed by atoms with Gasteiger partial charge >= 0.3 is 0 Å². The molecule has 0 heterocycles. The number of halogens is 1. The van der Waals surface area contributed by atoms with E-state index in [1.807, 2.05) is 0 Å². The van der Waals surface area contributed by atoms with Crippen molar-refractivity contribution in [2.24, 2.45) is 5.41 Å². The van der Waals surface area contributed by atoms with E-state index in [9.17, 15) is 9.50 Å². The number of hydrogen-bond donors (Lipinski definition) is 1. The Kier molecular flexibility index (Phi) is 3.38. The minimum atomic E-state index is -0.453. The lowest BCUT2D eigenvalue weighted by Crippen LogP contribution is -2.41. The molecule has 2 unspecified atom stereocenters. The van der Waals surface area contributed by atoms with Crippen molar-refractivity contribution in [1.29, 1.82) is 0 Å². The molecule has 3 heteroatoms. The summed E-state index contributed by atoms with van der Waals surface area (Å²) in [5.74, 6) is 0.179. The van der Waals surface area contributed by atoms with Gasteiger partial charge in [0.2, 0.25) is 0 Å². The average molecular weight is 238 g/mol. The summed E-state index contributed by atoms with van der Waals surface area (Å²) in [6, 6.07) is 6.07. The number of aliphatic hydroxyl groups is 1. The summed E-state index contributed by atoms with van der Waals surface area (Å²) in [6.45, 7) is 4.33. The summed E-state index contributed by atoms with van der Waals surface area (Å²) in [4.78, 5) is 0. The van der Waals surface area contributed by atoms with Crippen LogP contribution >= 0.6 is 0 Å². The second kappa shape index (κ2) is 4.65. The third kappa shape index (κ3) is 3.19. The quantitative estimate of drug-likeness (QED) is 0.857. The van der Waals surface area contributed by atoms with Crippen molar-refractivity contribution < 1.29 is 14.2 Å². The molecule has 0 saturated heterocycles. The van der Waals surface area contributed by atoms with Crippen molar-refractivity contribution in [3.63, 3.8) is 0 Å². The zero-order valence-electron chi connectivity index (χ0n) is 10.3. The van der Waals surface area contributed by atoms with E-state index in [4.69, 9.17) is 4.74 Å². The molecule has 1 N–H and O–H groups in total. The molecule has 0 radical (unpaired) electrons. The molecule has 1 saturated carbocycles. The SMILES string of the molecule is CC1(C)CCC(O)C(Oc2cccc(F)c2)C1. The van der Waals surface area contributed by atoms with E-state index in [1.54, 1.807) is 12.1 Å². The Bertz CT molecular complexity index is 390. The minimum Gasteiger partial charge on any atom is -0.488 e. The predicted octanol–water partition coefficient (Wildman–Crippen LogP) is 3.14. The average Bonchev–Trinajstić information content (AvgIpc) is 2.23. The molecule has 0 amide bonds. The first kappa shape index (κ1) is 12.4. The summed E-state index contributed by atoms with van der Waals surface area (Å²) in [5, 5.41) is 9.91. The molecule has 17 heavy (non-hydrogen) atoms. The van der Waals surface area contributed by atoms with Gasteiger partial charge in [-0.15, -0.1) is 0 Å². The lowest BCUT2D eigenvalue weighted by molar-refractivity contribution is -0.0305. The van der Waals surface area contributed by atoms with Crippen LogP contribution in [0.3, 0.4) is 0 Å². The Morgan fingerprint density at radius 3 is 2.88 bits per heavy atom. The molecule has 0 spiro atoms. The van der Waals surface area contributed by atoms with Gasteiger partial charge in [0.25, 0.3) is 0 Å². The molecule has 2 rings (SSSR count). The third-order valence-corrected chi connectivity index (χ3v) is 3.38. The van der Waals surface area contributed by atoms with E-state index in [2.05, 4.69) is 13.8 Å². The number of rotatable bonds is 2. The topological polar surface area (TPSA) is 29.5 Å². The molecular weight excluding hydrogens is 219 g/mol. The smallest absolute Gasteiger partial charge is 0.126 e. The van der Waals surface area contributed by atoms with Gasteiger partial charge < -0.3 is 9.84 Å². The second-order valence-corrected chi connectivity index (χ2v) is 5.59. The highest BCUT2D eigenvalue weighted by molar-refractivity contribution is 5.23. The van der Waals surface area contributed by atoms with Crippen LogP contribution in [0.25, 0.3) is 0 Å². The van der Waals surface area contributed by atoms with Crippen molar-refractivity contribution in [1.82, 2.24) is 0 Å². The zero-order chi connectivity index (χ0) is 12.5. The Balaban J connectivity index is 2.06. The van der Waals surface area contributed by atoms with Gasteiger partial charge in [0.05, 0.1) is 6.10 Å². The standard InChI is InChI=1S/C14H19FO2/c1-14(2)7-6-12(16)13(9-14)17-11-5-3-4-10(15)8-11/h3-5,8,12-13,16H,6-7,9H2,1-2H3. The van der Waals surface area contributed by atoms with Crippen LogP contribution in [-0.2, 0) is 0 Å². The lowest BCUT2D eigenvalue weighted by atomic mass is 9.75. The summed E-state index contributed by atoms with van der Waals surface area (Å²) < 4.78 is 18.7. The van der Waals surface area contributed by atoms with E-state index in [0.717, 1.165) is 19.3 Å². The number of benzene rings is 1. The maximum absolute atomic E-state index is 13.0. The van der Waals surface area contributed by atoms with Gasteiger partial charge in [0.15, 0.2) is 0 Å². The molecule has 0 aromatic heterocycles. The first-order valence-corrected chi connectivity index (χ1v) is 6.07. The van der Waals surface area contributed by atoms with Crippen LogP contribution in [0.15, 0.2) is 24.3 Å². The van der Waals surface area contributed by atoms with E-state index in [-0.39, 0.29) is 17.3 Å². The van der Waals surface area contributed by atoms with Gasteiger partial charge in [-0.05, 0) is 36.8 Å². The molecule has 1 aliphatic carbocycles. The first-order valence-electron chi connectivity index (χ1n) is 6.07. The van der Waals surface area contributed by atoms with Crippen LogP contribution in [0, 0.1) is 11.2 Å². The van der Waals surface area contributed by atoms with Crippen molar-refractivity contribution in [3.8, 4) is 5.75 Å². The molecule has 2 atom stereocenters. The van der Waals surface area contributed by atoms with Gasteiger partial charge in [-0.25, -0.2) is 4.39 Å². The molecule has 1 aromatic carbocycles. The van der Waals surface area contributed by atoms with Gasteiger partial charge in [-0.2, -0.15) is 0 Å². The fourth-order valence-corrected chi connectivity index (χ4v) is 2.34. The summed E-state index contributed by atoms with van der Waals surface area (Å²) in [5.41, 5.74) is 0.178. The van der Waals surface area contributed by atoms with Crippen LogP contribution in [0.5, 0.6) is 5.75 Å². The van der Waals surface area contributed by atoms with E-state index in [0.29, 0.717) is 5.75 Å². The summed E-state index contributed by atoms with van der Waals surface area (Å²) in [6.07, 6.45) is 1.85. The Morgan fingerprint density at radius 1 is 1.41 bits per heavy atom. The van der Waals surface area contributed by atoms with Crippen LogP contribution in [-0.4, -0.2) is 17.3 Å². The van der Waals surface area contributed by atoms with E-state index >= 15 is 0 Å². The predicted molar refractivity (Wildman–Crippen MR) is 64.5 cm³/mol. The zero-order valence-corrected chi connectivity index (χ0v) is 10.3. The van der Waals surface area contributed by atoms with Crippen molar-refractivity contribution >= 4 is 0 Å². The second-order valence-electron chi connectivity index (χ2n) is 5.59. The minimum absolute atomic E-state index is 0.178. The molecule has 1 aliphatic rings. The maximum Gasteiger partial charge on any atom is 0.126 e. The van der Waals surface area contributed by atoms with Crippen molar-refractivity contribution in [3.05, 3.63) is 30.1 Å². The Labute approximate surface area is 101 Å². The van der Waals surface area contributed by atoms with Gasteiger partial charge in [0.1, 0.15) is 17.7 Å². The highest BCUT2D eigenvalue weighted by Gasteiger charge is 2.35. The maximum atomic E-state index is 13.0. The molecule has 2 nitrogen and oxygen atoms in total. The Morgan fingerprint density at radius 2 is 2.18 bits per heavy atom. The fourth-order valence-electron chi connectivity index (χ4n) is 2.34. The fraction of sp³-hybridized carbons (Fsp3) is 0.571. The normalized spacial score (nSPS) is 27.8. The van der Waals surface area contributed by atoms with Gasteiger partial charge in [0, 0.05) is 6.07 Å². The van der Waals surface area contributed by atoms with Crippen LogP contribution in [0.1, 0.15) is 33.1 Å². The first-order chi connectivity index (χ1) is 7.96. The summed E-state index contributed by atoms with van der Waals surface area (Å²) >= 11 is 0. The van der Waals surface area contributed by atoms with Crippen molar-refractivity contribution in [2.45, 2.75) is 45.3 Å². The molecule has 0 bridgehead atoms. The van der Waals surface area contributed by atoms with Gasteiger partial charge in [-0.3, -0.25) is 0 Å². The Hall–Kier alpha value is -1.09. The van der Waals surface area contributed by atoms with E-state index in [1.165, 1.54) is 12.1 Å². The molecule has 1 fully saturated rings. The van der Waals surface area contributed by atoms with Crippen LogP contribution < -0.4 is 4.74 Å². The number of hydrogen-bond acceptors (Lipinski definition) is 2. The van der Waals surface area contributed by atoms with Gasteiger partial charge in [-0.1, -0.05) is 19.9 Å². The monoisotopic (exact) mass is 238 g/mol. The third-order valence-electron chi connectivity index (χ3n) is 3.38. The van der Waals surface area contributed by atoms with Crippen molar-refractivity contribution in [2.75, 3.05) is 0 Å². The highest BCUT2D eigenvalue weighted by Crippen LogP contribution is 2.37. The molecule has 1 aromatic rings. The number of ether oxygens (including phenoxy) is 1. The molecule has 94 valence electrons. The summed E-state index contributed by atoms with van der Waals surface area (Å²) in [7, 11) is 0. The molecular formula is C14H19FO2. The van der Waals surface area contributed by atoms with Crippen LogP contribution in [0.2, 0.25) is 0 Å². The highest BCUT2D eigenvalue weighted by atomic mass is 19.1. The lowest BCUT2D eigenvalue weighted by Gasteiger charge is -2.38. The largest absolute Gasteiger partial charge is 0.488 e.